The van der Waals surface area contributed by atoms with E-state index in [1.54, 1.807) is 0 Å². The molecule has 0 amide bonds. The topological polar surface area (TPSA) is 63.7 Å². The Balaban J connectivity index is 1.96. The molecule has 1 radical (unpaired) electrons. The van der Waals surface area contributed by atoms with E-state index < -0.39 is 0 Å². The molecule has 1 aliphatic heterocycles. The van der Waals surface area contributed by atoms with Gasteiger partial charge < -0.3 is 4.74 Å². The van der Waals surface area contributed by atoms with Crippen molar-refractivity contribution in [2.24, 2.45) is 0 Å². The number of benzene rings is 1. The van der Waals surface area contributed by atoms with Gasteiger partial charge in [-0.15, -0.1) is 5.10 Å². The normalized spacial score (nSPS) is 14.0. The number of H-pyrrole nitrogens is 1. The zero-order valence-corrected chi connectivity index (χ0v) is 7.77. The molecule has 0 spiro atoms. The fourth-order valence-corrected chi connectivity index (χ4v) is 1.51. The summed E-state index contributed by atoms with van der Waals surface area (Å²) in [4.78, 5) is 0. The van der Waals surface area contributed by atoms with Crippen LogP contribution in [0, 0.1) is 6.26 Å². The Bertz CT molecular complexity index is 504. The standard InChI is InChI=1S/C10H7N4O/c1-2-4-9-7(3-1)5-8(6-15-9)10-11-13-14-12-10/h1-4H,5H2,(H,11,12,13,14). The lowest BCUT2D eigenvalue weighted by Crippen LogP contribution is -2.04. The van der Waals surface area contributed by atoms with Gasteiger partial charge in [-0.3, -0.25) is 0 Å². The third kappa shape index (κ3) is 1.38. The van der Waals surface area contributed by atoms with E-state index in [1.165, 1.54) is 0 Å². The highest BCUT2D eigenvalue weighted by Crippen LogP contribution is 2.28. The molecule has 0 saturated heterocycles. The maximum absolute atomic E-state index is 5.36. The number of rotatable bonds is 1. The van der Waals surface area contributed by atoms with E-state index in [0.717, 1.165) is 23.3 Å². The fourth-order valence-electron chi connectivity index (χ4n) is 1.51. The van der Waals surface area contributed by atoms with Gasteiger partial charge in [-0.2, -0.15) is 0 Å². The number of aromatic nitrogens is 4. The van der Waals surface area contributed by atoms with Crippen LogP contribution in [0.15, 0.2) is 24.3 Å². The van der Waals surface area contributed by atoms with Crippen LogP contribution < -0.4 is 4.74 Å². The molecule has 1 aromatic heterocycles. The van der Waals surface area contributed by atoms with Gasteiger partial charge in [0.1, 0.15) is 5.75 Å². The summed E-state index contributed by atoms with van der Waals surface area (Å²) in [6, 6.07) is 7.84. The molecule has 0 aliphatic carbocycles. The summed E-state index contributed by atoms with van der Waals surface area (Å²) in [6.07, 6.45) is 3.55. The van der Waals surface area contributed by atoms with Crippen molar-refractivity contribution in [3.8, 4) is 5.75 Å². The summed E-state index contributed by atoms with van der Waals surface area (Å²) < 4.78 is 5.36. The number of hydrogen-bond acceptors (Lipinski definition) is 4. The maximum atomic E-state index is 5.36. The minimum Gasteiger partial charge on any atom is -0.453 e. The Morgan fingerprint density at radius 1 is 1.33 bits per heavy atom. The zero-order valence-electron chi connectivity index (χ0n) is 7.77. The van der Waals surface area contributed by atoms with E-state index >= 15 is 0 Å². The summed E-state index contributed by atoms with van der Waals surface area (Å²) in [5.74, 6) is 1.44. The van der Waals surface area contributed by atoms with Gasteiger partial charge in [0, 0.05) is 12.0 Å². The number of tetrazole rings is 1. The summed E-state index contributed by atoms with van der Waals surface area (Å²) >= 11 is 0. The Kier molecular flexibility index (Phi) is 1.74. The third-order valence-corrected chi connectivity index (χ3v) is 2.26. The Hall–Kier alpha value is -2.17. The van der Waals surface area contributed by atoms with Crippen molar-refractivity contribution in [2.45, 2.75) is 6.42 Å². The lowest BCUT2D eigenvalue weighted by molar-refractivity contribution is 0.440. The first-order chi connectivity index (χ1) is 7.43. The molecule has 0 atom stereocenters. The molecule has 3 rings (SSSR count). The predicted molar refractivity (Wildman–Crippen MR) is 51.6 cm³/mol. The van der Waals surface area contributed by atoms with Crippen molar-refractivity contribution in [1.82, 2.24) is 20.6 Å². The zero-order chi connectivity index (χ0) is 10.1. The monoisotopic (exact) mass is 199 g/mol. The summed E-state index contributed by atoms with van der Waals surface area (Å²) in [5.41, 5.74) is 1.95. The quantitative estimate of drug-likeness (QED) is 0.743. The molecule has 5 heteroatoms. The molecule has 0 saturated carbocycles. The fraction of sp³-hybridized carbons (Fsp3) is 0.100. The second-order valence-corrected chi connectivity index (χ2v) is 3.22. The molecule has 2 heterocycles. The Morgan fingerprint density at radius 3 is 3.13 bits per heavy atom. The van der Waals surface area contributed by atoms with Gasteiger partial charge >= 0.3 is 0 Å². The molecule has 1 N–H and O–H groups in total. The van der Waals surface area contributed by atoms with Crippen LogP contribution in [0.5, 0.6) is 5.75 Å². The number of nitrogens with one attached hydrogen (secondary N) is 1. The molecule has 73 valence electrons. The first kappa shape index (κ1) is 8.16. The smallest absolute Gasteiger partial charge is 0.179 e. The van der Waals surface area contributed by atoms with E-state index in [9.17, 15) is 0 Å². The minimum absolute atomic E-state index is 0.601. The van der Waals surface area contributed by atoms with Crippen LogP contribution >= 0.6 is 0 Å². The number of fused-ring (bicyclic) bond motifs is 1. The van der Waals surface area contributed by atoms with Gasteiger partial charge in [0.15, 0.2) is 12.1 Å². The van der Waals surface area contributed by atoms with E-state index in [1.807, 2.05) is 24.3 Å². The van der Waals surface area contributed by atoms with E-state index in [0.29, 0.717) is 5.82 Å². The number of aromatic amines is 1. The van der Waals surface area contributed by atoms with Crippen molar-refractivity contribution >= 4 is 5.57 Å². The van der Waals surface area contributed by atoms with Crippen molar-refractivity contribution in [3.05, 3.63) is 41.9 Å². The van der Waals surface area contributed by atoms with Gasteiger partial charge in [-0.1, -0.05) is 18.2 Å². The second-order valence-electron chi connectivity index (χ2n) is 3.22. The molecule has 0 fully saturated rings. The minimum atomic E-state index is 0.601. The lowest BCUT2D eigenvalue weighted by atomic mass is 10.0. The summed E-state index contributed by atoms with van der Waals surface area (Å²) in [5, 5.41) is 13.5. The van der Waals surface area contributed by atoms with Gasteiger partial charge in [0.25, 0.3) is 0 Å². The third-order valence-electron chi connectivity index (χ3n) is 2.26. The maximum Gasteiger partial charge on any atom is 0.179 e. The lowest BCUT2D eigenvalue weighted by Gasteiger charge is -2.13. The van der Waals surface area contributed by atoms with Crippen molar-refractivity contribution in [3.63, 3.8) is 0 Å². The Morgan fingerprint density at radius 2 is 2.27 bits per heavy atom. The molecule has 15 heavy (non-hydrogen) atoms. The van der Waals surface area contributed by atoms with E-state index in [2.05, 4.69) is 26.9 Å². The molecular formula is C10H7N4O. The van der Waals surface area contributed by atoms with Crippen molar-refractivity contribution in [1.29, 1.82) is 0 Å². The SMILES string of the molecule is [C]1=C(c2nnn[nH]2)Cc2ccccc2O1. The van der Waals surface area contributed by atoms with Crippen LogP contribution in [0.3, 0.4) is 0 Å². The number of hydrogen-bond donors (Lipinski definition) is 1. The van der Waals surface area contributed by atoms with Crippen molar-refractivity contribution in [2.75, 3.05) is 0 Å². The van der Waals surface area contributed by atoms with Crippen molar-refractivity contribution < 1.29 is 4.74 Å². The van der Waals surface area contributed by atoms with Crippen LogP contribution in [0.4, 0.5) is 0 Å². The van der Waals surface area contributed by atoms with Crippen LogP contribution in [0.1, 0.15) is 11.4 Å². The van der Waals surface area contributed by atoms with Crippen LogP contribution in [-0.4, -0.2) is 20.6 Å². The number of nitrogens with zero attached hydrogens (tertiary/aromatic N) is 3. The average molecular weight is 199 g/mol. The summed E-state index contributed by atoms with van der Waals surface area (Å²) in [6.45, 7) is 0. The van der Waals surface area contributed by atoms with Gasteiger partial charge in [0.2, 0.25) is 0 Å². The highest BCUT2D eigenvalue weighted by Gasteiger charge is 2.16. The van der Waals surface area contributed by atoms with E-state index in [4.69, 9.17) is 4.74 Å². The number of allylic oxidation sites excluding steroid dienone is 1. The first-order valence-electron chi connectivity index (χ1n) is 4.54. The molecule has 5 nitrogen and oxygen atoms in total. The number of para-hydroxylation sites is 1. The van der Waals surface area contributed by atoms with Gasteiger partial charge in [-0.05, 0) is 22.1 Å². The Labute approximate surface area is 85.8 Å². The first-order valence-corrected chi connectivity index (χ1v) is 4.54. The molecule has 1 aliphatic rings. The molecule has 0 bridgehead atoms. The highest BCUT2D eigenvalue weighted by molar-refractivity contribution is 5.62. The molecule has 0 unspecified atom stereocenters. The van der Waals surface area contributed by atoms with Crippen LogP contribution in [0.2, 0.25) is 0 Å². The average Bonchev–Trinajstić information content (AvgIpc) is 2.82. The van der Waals surface area contributed by atoms with E-state index in [-0.39, 0.29) is 0 Å². The van der Waals surface area contributed by atoms with Gasteiger partial charge in [0.05, 0.1) is 0 Å². The number of ether oxygens (including phenoxy) is 1. The molecule has 1 aromatic carbocycles. The molecule has 2 aromatic rings. The highest BCUT2D eigenvalue weighted by atomic mass is 16.5. The predicted octanol–water partition coefficient (Wildman–Crippen LogP) is 0.979. The van der Waals surface area contributed by atoms with Gasteiger partial charge in [-0.25, -0.2) is 5.10 Å². The molecular weight excluding hydrogens is 192 g/mol. The largest absolute Gasteiger partial charge is 0.453 e. The van der Waals surface area contributed by atoms with Crippen LogP contribution in [-0.2, 0) is 6.42 Å². The summed E-state index contributed by atoms with van der Waals surface area (Å²) in [7, 11) is 0. The van der Waals surface area contributed by atoms with Crippen LogP contribution in [0.25, 0.3) is 5.57 Å². The second kappa shape index (κ2) is 3.20.